The molecule has 1 aromatic carbocycles. The number of nitrogens with two attached hydrogens (primary N) is 1. The highest BCUT2D eigenvalue weighted by molar-refractivity contribution is 6.32. The van der Waals surface area contributed by atoms with E-state index in [0.29, 0.717) is 23.8 Å². The summed E-state index contributed by atoms with van der Waals surface area (Å²) in [5.41, 5.74) is 5.81. The third kappa shape index (κ3) is 4.11. The summed E-state index contributed by atoms with van der Waals surface area (Å²) in [5.74, 6) is 0.747. The van der Waals surface area contributed by atoms with Crippen molar-refractivity contribution in [2.75, 3.05) is 19.7 Å². The zero-order chi connectivity index (χ0) is 13.7. The van der Waals surface area contributed by atoms with Crippen LogP contribution in [0.25, 0.3) is 0 Å². The van der Waals surface area contributed by atoms with Gasteiger partial charge < -0.3 is 15.4 Å². The minimum absolute atomic E-state index is 0.124. The van der Waals surface area contributed by atoms with Gasteiger partial charge in [0.05, 0.1) is 18.1 Å². The lowest BCUT2D eigenvalue weighted by atomic mass is 10.1. The molecule has 2 rings (SSSR count). The Kier molecular flexibility index (Phi) is 5.05. The Morgan fingerprint density at radius 2 is 2.05 bits per heavy atom. The highest BCUT2D eigenvalue weighted by Gasteiger charge is 2.20. The predicted octanol–water partition coefficient (Wildman–Crippen LogP) is 2.06. The van der Waals surface area contributed by atoms with Crippen molar-refractivity contribution in [3.05, 3.63) is 29.3 Å². The number of piperidine rings is 1. The summed E-state index contributed by atoms with van der Waals surface area (Å²) in [6, 6.07) is 7.51. The van der Waals surface area contributed by atoms with Crippen molar-refractivity contribution < 1.29 is 9.53 Å². The molecule has 5 heteroatoms. The third-order valence-electron chi connectivity index (χ3n) is 3.30. The van der Waals surface area contributed by atoms with Gasteiger partial charge in [0.25, 0.3) is 0 Å². The minimum Gasteiger partial charge on any atom is -0.491 e. The maximum absolute atomic E-state index is 12.0. The molecule has 0 bridgehead atoms. The van der Waals surface area contributed by atoms with Crippen LogP contribution in [0.1, 0.15) is 19.3 Å². The van der Waals surface area contributed by atoms with Gasteiger partial charge in [-0.15, -0.1) is 0 Å². The first-order valence-corrected chi connectivity index (χ1v) is 6.95. The van der Waals surface area contributed by atoms with Gasteiger partial charge in [-0.05, 0) is 25.0 Å². The molecular weight excluding hydrogens is 264 g/mol. The normalized spacial score (nSPS) is 16.4. The van der Waals surface area contributed by atoms with E-state index < -0.39 is 0 Å². The van der Waals surface area contributed by atoms with Gasteiger partial charge in [-0.3, -0.25) is 4.79 Å². The van der Waals surface area contributed by atoms with Gasteiger partial charge >= 0.3 is 0 Å². The Hall–Kier alpha value is -1.26. The van der Waals surface area contributed by atoms with E-state index in [4.69, 9.17) is 22.1 Å². The number of amides is 1. The van der Waals surface area contributed by atoms with Gasteiger partial charge in [0, 0.05) is 19.1 Å². The van der Waals surface area contributed by atoms with Gasteiger partial charge in [0.2, 0.25) is 5.91 Å². The quantitative estimate of drug-likeness (QED) is 0.920. The molecule has 1 aromatic rings. The molecule has 0 spiro atoms. The lowest BCUT2D eigenvalue weighted by Crippen LogP contribution is -2.43. The van der Waals surface area contributed by atoms with Crippen LogP contribution in [0.4, 0.5) is 0 Å². The predicted molar refractivity (Wildman–Crippen MR) is 75.4 cm³/mol. The van der Waals surface area contributed by atoms with Crippen molar-refractivity contribution in [2.45, 2.75) is 25.3 Å². The molecule has 4 nitrogen and oxygen atoms in total. The number of nitrogens with zero attached hydrogens (tertiary/aromatic N) is 1. The number of hydrogen-bond acceptors (Lipinski definition) is 3. The van der Waals surface area contributed by atoms with E-state index in [2.05, 4.69) is 0 Å². The maximum Gasteiger partial charge on any atom is 0.225 e. The van der Waals surface area contributed by atoms with Crippen LogP contribution in [0.3, 0.4) is 0 Å². The second-order valence-corrected chi connectivity index (χ2v) is 5.15. The van der Waals surface area contributed by atoms with Crippen molar-refractivity contribution in [1.29, 1.82) is 0 Å². The van der Waals surface area contributed by atoms with Crippen molar-refractivity contribution >= 4 is 17.5 Å². The number of halogens is 1. The van der Waals surface area contributed by atoms with E-state index in [-0.39, 0.29) is 11.9 Å². The van der Waals surface area contributed by atoms with Crippen molar-refractivity contribution in [3.8, 4) is 5.75 Å². The Labute approximate surface area is 118 Å². The Morgan fingerprint density at radius 1 is 1.37 bits per heavy atom. The number of likely N-dealkylation sites (tertiary alicyclic amines) is 1. The monoisotopic (exact) mass is 282 g/mol. The summed E-state index contributed by atoms with van der Waals surface area (Å²) < 4.78 is 5.52. The first kappa shape index (κ1) is 14.2. The standard InChI is InChI=1S/C14H19ClN2O2/c15-12-3-1-2-4-13(12)19-10-7-14(18)17-8-5-11(16)6-9-17/h1-4,11H,5-10,16H2. The van der Waals surface area contributed by atoms with E-state index >= 15 is 0 Å². The Bertz CT molecular complexity index is 431. The number of ether oxygens (including phenoxy) is 1. The molecule has 104 valence electrons. The molecule has 1 amide bonds. The number of para-hydroxylation sites is 1. The van der Waals surface area contributed by atoms with Crippen LogP contribution in [0, 0.1) is 0 Å². The number of carbonyl (C=O) groups excluding carboxylic acids is 1. The van der Waals surface area contributed by atoms with E-state index in [1.165, 1.54) is 0 Å². The Morgan fingerprint density at radius 3 is 2.74 bits per heavy atom. The molecule has 0 aliphatic carbocycles. The molecule has 1 heterocycles. The summed E-state index contributed by atoms with van der Waals surface area (Å²) in [6.45, 7) is 1.86. The van der Waals surface area contributed by atoms with E-state index in [1.54, 1.807) is 12.1 Å². The van der Waals surface area contributed by atoms with E-state index in [1.807, 2.05) is 17.0 Å². The van der Waals surface area contributed by atoms with Gasteiger partial charge in [0.1, 0.15) is 5.75 Å². The number of hydrogen-bond donors (Lipinski definition) is 1. The molecule has 0 saturated carbocycles. The molecule has 1 aliphatic heterocycles. The number of benzene rings is 1. The molecule has 0 radical (unpaired) electrons. The molecule has 1 fully saturated rings. The molecule has 0 unspecified atom stereocenters. The summed E-state index contributed by atoms with van der Waals surface area (Å²) in [5, 5.41) is 0.568. The smallest absolute Gasteiger partial charge is 0.225 e. The first-order valence-electron chi connectivity index (χ1n) is 6.57. The van der Waals surface area contributed by atoms with E-state index in [9.17, 15) is 4.79 Å². The average molecular weight is 283 g/mol. The van der Waals surface area contributed by atoms with E-state index in [0.717, 1.165) is 25.9 Å². The van der Waals surface area contributed by atoms with Crippen LogP contribution in [0.2, 0.25) is 5.02 Å². The van der Waals surface area contributed by atoms with Crippen LogP contribution >= 0.6 is 11.6 Å². The van der Waals surface area contributed by atoms with Crippen molar-refractivity contribution in [3.63, 3.8) is 0 Å². The second-order valence-electron chi connectivity index (χ2n) is 4.75. The molecular formula is C14H19ClN2O2. The van der Waals surface area contributed by atoms with Crippen LogP contribution in [-0.4, -0.2) is 36.5 Å². The fraction of sp³-hybridized carbons (Fsp3) is 0.500. The maximum atomic E-state index is 12.0. The zero-order valence-corrected chi connectivity index (χ0v) is 11.6. The minimum atomic E-state index is 0.124. The van der Waals surface area contributed by atoms with Crippen LogP contribution in [-0.2, 0) is 4.79 Å². The summed E-state index contributed by atoms with van der Waals surface area (Å²) in [4.78, 5) is 13.8. The first-order chi connectivity index (χ1) is 9.16. The topological polar surface area (TPSA) is 55.6 Å². The SMILES string of the molecule is NC1CCN(C(=O)CCOc2ccccc2Cl)CC1. The number of rotatable bonds is 4. The lowest BCUT2D eigenvalue weighted by molar-refractivity contribution is -0.132. The molecule has 2 N–H and O–H groups in total. The summed E-state index contributed by atoms with van der Waals surface area (Å²) >= 11 is 5.97. The van der Waals surface area contributed by atoms with Gasteiger partial charge in [-0.1, -0.05) is 23.7 Å². The molecule has 1 saturated heterocycles. The highest BCUT2D eigenvalue weighted by Crippen LogP contribution is 2.23. The van der Waals surface area contributed by atoms with Gasteiger partial charge in [0.15, 0.2) is 0 Å². The fourth-order valence-electron chi connectivity index (χ4n) is 2.12. The largest absolute Gasteiger partial charge is 0.491 e. The van der Waals surface area contributed by atoms with Gasteiger partial charge in [-0.25, -0.2) is 0 Å². The molecule has 0 atom stereocenters. The summed E-state index contributed by atoms with van der Waals surface area (Å²) in [6.07, 6.45) is 2.15. The average Bonchev–Trinajstić information content (AvgIpc) is 2.41. The van der Waals surface area contributed by atoms with Crippen molar-refractivity contribution in [1.82, 2.24) is 4.90 Å². The highest BCUT2D eigenvalue weighted by atomic mass is 35.5. The lowest BCUT2D eigenvalue weighted by Gasteiger charge is -2.30. The third-order valence-corrected chi connectivity index (χ3v) is 3.61. The van der Waals surface area contributed by atoms with Crippen molar-refractivity contribution in [2.24, 2.45) is 5.73 Å². The van der Waals surface area contributed by atoms with Crippen LogP contribution in [0.15, 0.2) is 24.3 Å². The fourth-order valence-corrected chi connectivity index (χ4v) is 2.31. The van der Waals surface area contributed by atoms with Crippen LogP contribution in [0.5, 0.6) is 5.75 Å². The number of carbonyl (C=O) groups is 1. The second kappa shape index (κ2) is 6.78. The molecule has 0 aromatic heterocycles. The molecule has 1 aliphatic rings. The van der Waals surface area contributed by atoms with Gasteiger partial charge in [-0.2, -0.15) is 0 Å². The van der Waals surface area contributed by atoms with Crippen LogP contribution < -0.4 is 10.5 Å². The zero-order valence-electron chi connectivity index (χ0n) is 10.8. The summed E-state index contributed by atoms with van der Waals surface area (Å²) in [7, 11) is 0. The molecule has 19 heavy (non-hydrogen) atoms. The Balaban J connectivity index is 1.74.